The second kappa shape index (κ2) is 5.09. The first-order chi connectivity index (χ1) is 8.19. The predicted molar refractivity (Wildman–Crippen MR) is 60.0 cm³/mol. The van der Waals surface area contributed by atoms with E-state index in [2.05, 4.69) is 20.0 Å². The lowest BCUT2D eigenvalue weighted by molar-refractivity contribution is 0.0584. The summed E-state index contributed by atoms with van der Waals surface area (Å²) in [7, 11) is 1.30. The molecule has 0 spiro atoms. The SMILES string of the molecule is COC(=O)c1nc(C)cc(OC2CCNC2)n1. The summed E-state index contributed by atoms with van der Waals surface area (Å²) in [6.07, 6.45) is 1.05. The minimum Gasteiger partial charge on any atom is -0.473 e. The van der Waals surface area contributed by atoms with Crippen molar-refractivity contribution in [1.82, 2.24) is 15.3 Å². The summed E-state index contributed by atoms with van der Waals surface area (Å²) in [5.74, 6) is -0.0943. The number of nitrogens with one attached hydrogen (secondary N) is 1. The Hall–Kier alpha value is -1.69. The third kappa shape index (κ3) is 2.91. The molecular weight excluding hydrogens is 222 g/mol. The molecule has 6 heteroatoms. The van der Waals surface area contributed by atoms with Crippen molar-refractivity contribution in [1.29, 1.82) is 0 Å². The molecule has 0 bridgehead atoms. The summed E-state index contributed by atoms with van der Waals surface area (Å²) in [4.78, 5) is 19.4. The van der Waals surface area contributed by atoms with Crippen molar-refractivity contribution in [3.63, 3.8) is 0 Å². The summed E-state index contributed by atoms with van der Waals surface area (Å²) in [6.45, 7) is 3.53. The van der Waals surface area contributed by atoms with Gasteiger partial charge in [0.2, 0.25) is 11.7 Å². The van der Waals surface area contributed by atoms with Crippen LogP contribution in [-0.2, 0) is 4.74 Å². The highest BCUT2D eigenvalue weighted by atomic mass is 16.5. The van der Waals surface area contributed by atoms with E-state index in [1.54, 1.807) is 13.0 Å². The molecular formula is C11H15N3O3. The smallest absolute Gasteiger partial charge is 0.376 e. The molecule has 1 aromatic heterocycles. The van der Waals surface area contributed by atoms with Crippen LogP contribution in [-0.4, -0.2) is 42.2 Å². The highest BCUT2D eigenvalue weighted by Crippen LogP contribution is 2.14. The minimum atomic E-state index is -0.553. The zero-order chi connectivity index (χ0) is 12.3. The maximum atomic E-state index is 11.3. The average molecular weight is 237 g/mol. The Morgan fingerprint density at radius 2 is 2.35 bits per heavy atom. The number of nitrogens with zero attached hydrogens (tertiary/aromatic N) is 2. The fraction of sp³-hybridized carbons (Fsp3) is 0.545. The molecule has 0 aromatic carbocycles. The molecule has 1 unspecified atom stereocenters. The van der Waals surface area contributed by atoms with Crippen LogP contribution >= 0.6 is 0 Å². The number of methoxy groups -OCH3 is 1. The lowest BCUT2D eigenvalue weighted by Crippen LogP contribution is -2.21. The van der Waals surface area contributed by atoms with Crippen molar-refractivity contribution in [2.75, 3.05) is 20.2 Å². The molecule has 1 fully saturated rings. The van der Waals surface area contributed by atoms with E-state index in [-0.39, 0.29) is 11.9 Å². The van der Waals surface area contributed by atoms with Gasteiger partial charge in [-0.25, -0.2) is 9.78 Å². The summed E-state index contributed by atoms with van der Waals surface area (Å²) in [5, 5.41) is 3.20. The lowest BCUT2D eigenvalue weighted by Gasteiger charge is -2.12. The van der Waals surface area contributed by atoms with Gasteiger partial charge < -0.3 is 14.8 Å². The molecule has 0 aliphatic carbocycles. The van der Waals surface area contributed by atoms with Crippen LogP contribution < -0.4 is 10.1 Å². The monoisotopic (exact) mass is 237 g/mol. The zero-order valence-corrected chi connectivity index (χ0v) is 9.90. The van der Waals surface area contributed by atoms with E-state index in [1.165, 1.54) is 7.11 Å². The Labute approximate surface area is 99.4 Å². The molecule has 1 saturated heterocycles. The Kier molecular flexibility index (Phi) is 3.53. The van der Waals surface area contributed by atoms with Gasteiger partial charge in [-0.05, 0) is 19.9 Å². The summed E-state index contributed by atoms with van der Waals surface area (Å²) < 4.78 is 10.3. The van der Waals surface area contributed by atoms with Gasteiger partial charge in [0.1, 0.15) is 6.10 Å². The van der Waals surface area contributed by atoms with Crippen molar-refractivity contribution >= 4 is 5.97 Å². The highest BCUT2D eigenvalue weighted by molar-refractivity contribution is 5.85. The topological polar surface area (TPSA) is 73.3 Å². The van der Waals surface area contributed by atoms with Crippen LogP contribution in [0.3, 0.4) is 0 Å². The summed E-state index contributed by atoms with van der Waals surface area (Å²) in [6, 6.07) is 1.71. The number of rotatable bonds is 3. The van der Waals surface area contributed by atoms with Crippen LogP contribution in [0.1, 0.15) is 22.7 Å². The number of carbonyl (C=O) groups is 1. The molecule has 1 aromatic rings. The van der Waals surface area contributed by atoms with Gasteiger partial charge in [0, 0.05) is 18.3 Å². The normalized spacial score (nSPS) is 19.1. The van der Waals surface area contributed by atoms with E-state index >= 15 is 0 Å². The van der Waals surface area contributed by atoms with Gasteiger partial charge >= 0.3 is 5.97 Å². The van der Waals surface area contributed by atoms with E-state index in [0.29, 0.717) is 11.6 Å². The van der Waals surface area contributed by atoms with Crippen LogP contribution in [0.5, 0.6) is 5.88 Å². The quantitative estimate of drug-likeness (QED) is 0.763. The number of hydrogen-bond donors (Lipinski definition) is 1. The van der Waals surface area contributed by atoms with Gasteiger partial charge in [0.05, 0.1) is 7.11 Å². The van der Waals surface area contributed by atoms with Gasteiger partial charge in [0.25, 0.3) is 0 Å². The Balaban J connectivity index is 2.15. The average Bonchev–Trinajstić information content (AvgIpc) is 2.80. The van der Waals surface area contributed by atoms with Gasteiger partial charge in [0.15, 0.2) is 0 Å². The fourth-order valence-electron chi connectivity index (χ4n) is 1.68. The van der Waals surface area contributed by atoms with Gasteiger partial charge in [-0.15, -0.1) is 0 Å². The number of aromatic nitrogens is 2. The molecule has 0 amide bonds. The number of carbonyl (C=O) groups excluding carboxylic acids is 1. The maximum absolute atomic E-state index is 11.3. The Bertz CT molecular complexity index is 416. The number of esters is 1. The van der Waals surface area contributed by atoms with E-state index in [0.717, 1.165) is 19.5 Å². The van der Waals surface area contributed by atoms with Crippen molar-refractivity contribution in [3.8, 4) is 5.88 Å². The summed E-state index contributed by atoms with van der Waals surface area (Å²) >= 11 is 0. The zero-order valence-electron chi connectivity index (χ0n) is 9.90. The summed E-state index contributed by atoms with van der Waals surface area (Å²) in [5.41, 5.74) is 0.682. The van der Waals surface area contributed by atoms with Crippen LogP contribution in [0.4, 0.5) is 0 Å². The van der Waals surface area contributed by atoms with Gasteiger partial charge in [-0.2, -0.15) is 4.98 Å². The van der Waals surface area contributed by atoms with Gasteiger partial charge in [-0.1, -0.05) is 0 Å². The molecule has 0 saturated carbocycles. The second-order valence-corrected chi connectivity index (χ2v) is 3.90. The molecule has 92 valence electrons. The first-order valence-corrected chi connectivity index (χ1v) is 5.50. The largest absolute Gasteiger partial charge is 0.473 e. The first-order valence-electron chi connectivity index (χ1n) is 5.50. The molecule has 2 heterocycles. The molecule has 2 rings (SSSR count). The predicted octanol–water partition coefficient (Wildman–Crippen LogP) is 0.312. The van der Waals surface area contributed by atoms with Crippen molar-refractivity contribution in [2.45, 2.75) is 19.4 Å². The van der Waals surface area contributed by atoms with E-state index < -0.39 is 5.97 Å². The first kappa shape index (κ1) is 11.8. The molecule has 17 heavy (non-hydrogen) atoms. The standard InChI is InChI=1S/C11H15N3O3/c1-7-5-9(17-8-3-4-12-6-8)14-10(13-7)11(15)16-2/h5,8,12H,3-4,6H2,1-2H3. The Morgan fingerprint density at radius 1 is 1.53 bits per heavy atom. The van der Waals surface area contributed by atoms with Crippen LogP contribution in [0, 0.1) is 6.92 Å². The Morgan fingerprint density at radius 3 is 3.00 bits per heavy atom. The highest BCUT2D eigenvalue weighted by Gasteiger charge is 2.18. The van der Waals surface area contributed by atoms with Crippen LogP contribution in [0.15, 0.2) is 6.07 Å². The van der Waals surface area contributed by atoms with E-state index in [9.17, 15) is 4.79 Å². The van der Waals surface area contributed by atoms with Gasteiger partial charge in [-0.3, -0.25) is 0 Å². The minimum absolute atomic E-state index is 0.0356. The number of hydrogen-bond acceptors (Lipinski definition) is 6. The third-order valence-corrected chi connectivity index (χ3v) is 2.50. The maximum Gasteiger partial charge on any atom is 0.376 e. The third-order valence-electron chi connectivity index (χ3n) is 2.50. The molecule has 1 N–H and O–H groups in total. The molecule has 1 aliphatic rings. The number of aryl methyl sites for hydroxylation is 1. The molecule has 1 atom stereocenters. The van der Waals surface area contributed by atoms with Crippen molar-refractivity contribution in [3.05, 3.63) is 17.6 Å². The molecule has 1 aliphatic heterocycles. The lowest BCUT2D eigenvalue weighted by atomic mass is 10.3. The molecule has 6 nitrogen and oxygen atoms in total. The van der Waals surface area contributed by atoms with Crippen LogP contribution in [0.2, 0.25) is 0 Å². The van der Waals surface area contributed by atoms with Crippen molar-refractivity contribution in [2.24, 2.45) is 0 Å². The second-order valence-electron chi connectivity index (χ2n) is 3.90. The van der Waals surface area contributed by atoms with Crippen molar-refractivity contribution < 1.29 is 14.3 Å². The molecule has 0 radical (unpaired) electrons. The van der Waals surface area contributed by atoms with E-state index in [1.807, 2.05) is 0 Å². The van der Waals surface area contributed by atoms with E-state index in [4.69, 9.17) is 4.74 Å². The fourth-order valence-corrected chi connectivity index (χ4v) is 1.68. The van der Waals surface area contributed by atoms with Crippen LogP contribution in [0.25, 0.3) is 0 Å². The number of ether oxygens (including phenoxy) is 2.